The first-order valence-corrected chi connectivity index (χ1v) is 8.28. The van der Waals surface area contributed by atoms with Crippen LogP contribution >= 0.6 is 0 Å². The number of rotatable bonds is 4. The van der Waals surface area contributed by atoms with Crippen molar-refractivity contribution in [1.29, 1.82) is 0 Å². The highest BCUT2D eigenvalue weighted by atomic mass is 16.3. The topological polar surface area (TPSA) is 55.4 Å². The van der Waals surface area contributed by atoms with Crippen LogP contribution in [0.25, 0.3) is 0 Å². The van der Waals surface area contributed by atoms with Crippen molar-refractivity contribution in [3.8, 4) is 0 Å². The van der Waals surface area contributed by atoms with Gasteiger partial charge in [0, 0.05) is 45.1 Å². The molecule has 118 valence electrons. The summed E-state index contributed by atoms with van der Waals surface area (Å²) in [5, 5.41) is 10.7. The minimum atomic E-state index is -0.435. The Morgan fingerprint density at radius 1 is 1.24 bits per heavy atom. The van der Waals surface area contributed by atoms with Crippen LogP contribution in [0.4, 0.5) is 0 Å². The maximum atomic E-state index is 10.7. The number of hydrogen-bond donors (Lipinski definition) is 2. The van der Waals surface area contributed by atoms with Crippen molar-refractivity contribution in [2.45, 2.75) is 44.8 Å². The fraction of sp³-hybridized carbons (Fsp3) is 0.812. The smallest absolute Gasteiger partial charge is 0.120 e. The summed E-state index contributed by atoms with van der Waals surface area (Å²) in [6.07, 6.45) is 7.99. The zero-order valence-electron chi connectivity index (χ0n) is 13.1. The first-order valence-electron chi connectivity index (χ1n) is 8.28. The monoisotopic (exact) mass is 292 g/mol. The molecule has 2 fully saturated rings. The maximum Gasteiger partial charge on any atom is 0.120 e. The van der Waals surface area contributed by atoms with Crippen LogP contribution in [0.2, 0.25) is 0 Å². The minimum Gasteiger partial charge on any atom is -0.389 e. The van der Waals surface area contributed by atoms with Gasteiger partial charge in [-0.3, -0.25) is 9.80 Å². The van der Waals surface area contributed by atoms with Crippen LogP contribution < -0.4 is 0 Å². The summed E-state index contributed by atoms with van der Waals surface area (Å²) in [6, 6.07) is 0. The molecule has 0 unspecified atom stereocenters. The van der Waals surface area contributed by atoms with E-state index in [2.05, 4.69) is 26.7 Å². The highest BCUT2D eigenvalue weighted by Gasteiger charge is 2.34. The number of hydrogen-bond acceptors (Lipinski definition) is 4. The third-order valence-electron chi connectivity index (χ3n) is 5.12. The molecule has 21 heavy (non-hydrogen) atoms. The van der Waals surface area contributed by atoms with Crippen LogP contribution in [0, 0.1) is 5.92 Å². The zero-order chi connectivity index (χ0) is 14.7. The molecule has 0 amide bonds. The maximum absolute atomic E-state index is 10.7. The summed E-state index contributed by atoms with van der Waals surface area (Å²) in [6.45, 7) is 8.29. The van der Waals surface area contributed by atoms with E-state index in [9.17, 15) is 5.11 Å². The van der Waals surface area contributed by atoms with Crippen molar-refractivity contribution >= 4 is 0 Å². The van der Waals surface area contributed by atoms with Gasteiger partial charge in [0.1, 0.15) is 5.82 Å². The van der Waals surface area contributed by atoms with Gasteiger partial charge in [-0.1, -0.05) is 6.92 Å². The normalized spacial score (nSPS) is 32.4. The lowest BCUT2D eigenvalue weighted by atomic mass is 9.79. The molecule has 1 aliphatic carbocycles. The molecule has 0 atom stereocenters. The van der Waals surface area contributed by atoms with Crippen molar-refractivity contribution < 1.29 is 5.11 Å². The van der Waals surface area contributed by atoms with Crippen LogP contribution in [-0.4, -0.2) is 63.2 Å². The molecule has 1 aliphatic heterocycles. The second-order valence-corrected chi connectivity index (χ2v) is 7.00. The third-order valence-corrected chi connectivity index (χ3v) is 5.12. The van der Waals surface area contributed by atoms with Gasteiger partial charge in [-0.05, 0) is 31.6 Å². The summed E-state index contributed by atoms with van der Waals surface area (Å²) in [5.74, 6) is 1.83. The van der Waals surface area contributed by atoms with Crippen molar-refractivity contribution in [2.24, 2.45) is 5.92 Å². The van der Waals surface area contributed by atoms with Crippen LogP contribution in [-0.2, 0) is 6.54 Å². The second kappa shape index (κ2) is 6.46. The van der Waals surface area contributed by atoms with Gasteiger partial charge in [0.25, 0.3) is 0 Å². The van der Waals surface area contributed by atoms with Gasteiger partial charge in [-0.15, -0.1) is 0 Å². The predicted octanol–water partition coefficient (Wildman–Crippen LogP) is 1.47. The lowest BCUT2D eigenvalue weighted by Gasteiger charge is -2.41. The molecular weight excluding hydrogens is 264 g/mol. The molecule has 0 bridgehead atoms. The van der Waals surface area contributed by atoms with Gasteiger partial charge in [0.2, 0.25) is 0 Å². The van der Waals surface area contributed by atoms with Gasteiger partial charge in [-0.2, -0.15) is 0 Å². The largest absolute Gasteiger partial charge is 0.389 e. The summed E-state index contributed by atoms with van der Waals surface area (Å²) in [7, 11) is 0. The van der Waals surface area contributed by atoms with Crippen molar-refractivity contribution in [3.05, 3.63) is 18.2 Å². The van der Waals surface area contributed by atoms with E-state index in [4.69, 9.17) is 0 Å². The fourth-order valence-electron chi connectivity index (χ4n) is 3.58. The summed E-state index contributed by atoms with van der Waals surface area (Å²) < 4.78 is 0. The molecule has 1 aromatic heterocycles. The van der Waals surface area contributed by atoms with E-state index in [1.165, 1.54) is 12.8 Å². The number of aromatic nitrogens is 2. The number of H-pyrrole nitrogens is 1. The Labute approximate surface area is 127 Å². The zero-order valence-corrected chi connectivity index (χ0v) is 13.1. The van der Waals surface area contributed by atoms with Gasteiger partial charge >= 0.3 is 0 Å². The summed E-state index contributed by atoms with van der Waals surface area (Å²) >= 11 is 0. The molecule has 1 saturated carbocycles. The lowest BCUT2D eigenvalue weighted by Crippen LogP contribution is -2.52. The predicted molar refractivity (Wildman–Crippen MR) is 82.9 cm³/mol. The average Bonchev–Trinajstić information content (AvgIpc) is 2.98. The van der Waals surface area contributed by atoms with Crippen LogP contribution in [0.15, 0.2) is 12.4 Å². The lowest BCUT2D eigenvalue weighted by molar-refractivity contribution is -0.0438. The highest BCUT2D eigenvalue weighted by molar-refractivity contribution is 4.91. The van der Waals surface area contributed by atoms with Crippen LogP contribution in [0.5, 0.6) is 0 Å². The quantitative estimate of drug-likeness (QED) is 0.882. The van der Waals surface area contributed by atoms with E-state index in [1.807, 2.05) is 12.4 Å². The Morgan fingerprint density at radius 2 is 1.90 bits per heavy atom. The molecule has 5 nitrogen and oxygen atoms in total. The van der Waals surface area contributed by atoms with E-state index in [1.54, 1.807) is 0 Å². The van der Waals surface area contributed by atoms with Crippen molar-refractivity contribution in [2.75, 3.05) is 32.7 Å². The Bertz CT molecular complexity index is 417. The Kier molecular flexibility index (Phi) is 4.62. The minimum absolute atomic E-state index is 0.435. The van der Waals surface area contributed by atoms with Gasteiger partial charge in [0.15, 0.2) is 0 Å². The molecule has 0 spiro atoms. The van der Waals surface area contributed by atoms with Crippen LogP contribution in [0.1, 0.15) is 38.4 Å². The fourth-order valence-corrected chi connectivity index (χ4v) is 3.58. The standard InChI is InChI=1S/C16H28N4O/c1-14-2-4-16(21,5-3-14)13-20-10-8-19(9-11-20)12-15-17-6-7-18-15/h6-7,14,21H,2-5,8-13H2,1H3,(H,17,18). The van der Waals surface area contributed by atoms with Gasteiger partial charge in [0.05, 0.1) is 12.1 Å². The van der Waals surface area contributed by atoms with E-state index >= 15 is 0 Å². The van der Waals surface area contributed by atoms with Crippen LogP contribution in [0.3, 0.4) is 0 Å². The summed E-state index contributed by atoms with van der Waals surface area (Å²) in [5.41, 5.74) is -0.435. The summed E-state index contributed by atoms with van der Waals surface area (Å²) in [4.78, 5) is 12.3. The Morgan fingerprint density at radius 3 is 2.52 bits per heavy atom. The molecule has 2 N–H and O–H groups in total. The first-order chi connectivity index (χ1) is 10.1. The molecule has 1 aromatic rings. The molecule has 2 heterocycles. The first kappa shape index (κ1) is 15.0. The third kappa shape index (κ3) is 4.05. The molecule has 1 saturated heterocycles. The van der Waals surface area contributed by atoms with Crippen molar-refractivity contribution in [1.82, 2.24) is 19.8 Å². The van der Waals surface area contributed by atoms with Crippen molar-refractivity contribution in [3.63, 3.8) is 0 Å². The number of piperazine rings is 1. The SMILES string of the molecule is CC1CCC(O)(CN2CCN(Cc3ncc[nH]3)CC2)CC1. The Hall–Kier alpha value is -0.910. The number of β-amino-alcohol motifs (C(OH)–C–C–N with tert-alkyl or cyclic N) is 1. The number of nitrogens with one attached hydrogen (secondary N) is 1. The number of aromatic amines is 1. The number of aliphatic hydroxyl groups is 1. The molecular formula is C16H28N4O. The van der Waals surface area contributed by atoms with E-state index in [0.717, 1.165) is 63.9 Å². The Balaban J connectivity index is 1.43. The molecule has 5 heteroatoms. The average molecular weight is 292 g/mol. The number of nitrogens with zero attached hydrogens (tertiary/aromatic N) is 3. The van der Waals surface area contributed by atoms with Gasteiger partial charge < -0.3 is 10.1 Å². The molecule has 3 rings (SSSR count). The molecule has 0 aromatic carbocycles. The number of imidazole rings is 1. The van der Waals surface area contributed by atoms with E-state index < -0.39 is 5.60 Å². The van der Waals surface area contributed by atoms with Gasteiger partial charge in [-0.25, -0.2) is 4.98 Å². The second-order valence-electron chi connectivity index (χ2n) is 7.00. The molecule has 2 aliphatic rings. The highest BCUT2D eigenvalue weighted by Crippen LogP contribution is 2.32. The van der Waals surface area contributed by atoms with E-state index in [0.29, 0.717) is 0 Å². The van der Waals surface area contributed by atoms with E-state index in [-0.39, 0.29) is 0 Å². The molecule has 0 radical (unpaired) electrons.